The van der Waals surface area contributed by atoms with Crippen molar-refractivity contribution in [3.63, 3.8) is 0 Å². The molecule has 3 rings (SSSR count). The zero-order chi connectivity index (χ0) is 13.2. The average molecular weight is 274 g/mol. The van der Waals surface area contributed by atoms with Gasteiger partial charge in [-0.1, -0.05) is 30.7 Å². The lowest BCUT2D eigenvalue weighted by atomic mass is 10.2. The molecule has 1 unspecified atom stereocenters. The monoisotopic (exact) mass is 274 g/mol. The number of aromatic nitrogens is 2. The van der Waals surface area contributed by atoms with E-state index in [1.54, 1.807) is 11.8 Å². The third-order valence-corrected chi connectivity index (χ3v) is 4.82. The topological polar surface area (TPSA) is 45.8 Å². The van der Waals surface area contributed by atoms with Crippen molar-refractivity contribution in [2.24, 2.45) is 0 Å². The first kappa shape index (κ1) is 12.7. The second-order valence-electron chi connectivity index (χ2n) is 5.23. The van der Waals surface area contributed by atoms with Crippen molar-refractivity contribution >= 4 is 28.6 Å². The van der Waals surface area contributed by atoms with Gasteiger partial charge in [0.25, 0.3) is 0 Å². The molecule has 1 saturated carbocycles. The molecule has 1 aromatic carbocycles. The Balaban J connectivity index is 1.82. The molecule has 1 atom stereocenters. The lowest BCUT2D eigenvalue weighted by molar-refractivity contribution is -0.118. The molecule has 1 heterocycles. The Morgan fingerprint density at radius 2 is 2.21 bits per heavy atom. The van der Waals surface area contributed by atoms with E-state index >= 15 is 0 Å². The second-order valence-corrected chi connectivity index (χ2v) is 6.43. The molecule has 3 nitrogen and oxygen atoms in total. The van der Waals surface area contributed by atoms with E-state index in [1.165, 1.54) is 12.0 Å². The van der Waals surface area contributed by atoms with Gasteiger partial charge in [0.1, 0.15) is 5.78 Å². The number of fused-ring (bicyclic) bond motifs is 1. The zero-order valence-electron chi connectivity index (χ0n) is 11.1. The van der Waals surface area contributed by atoms with E-state index in [1.807, 2.05) is 6.07 Å². The van der Waals surface area contributed by atoms with Gasteiger partial charge in [0.15, 0.2) is 5.16 Å². The van der Waals surface area contributed by atoms with Gasteiger partial charge in [0.05, 0.1) is 16.3 Å². The highest BCUT2D eigenvalue weighted by atomic mass is 32.2. The molecule has 0 radical (unpaired) electrons. The molecule has 0 saturated heterocycles. The maximum atomic E-state index is 12.0. The Labute approximate surface area is 117 Å². The van der Waals surface area contributed by atoms with Crippen LogP contribution in [-0.4, -0.2) is 21.0 Å². The van der Waals surface area contributed by atoms with Gasteiger partial charge < -0.3 is 4.98 Å². The van der Waals surface area contributed by atoms with E-state index in [9.17, 15) is 4.79 Å². The minimum atomic E-state index is 0.0872. The molecule has 0 bridgehead atoms. The predicted octanol–water partition coefficient (Wildman–Crippen LogP) is 3.87. The van der Waals surface area contributed by atoms with E-state index < -0.39 is 0 Å². The Kier molecular flexibility index (Phi) is 3.60. The average Bonchev–Trinajstić information content (AvgIpc) is 2.66. The number of hydrogen-bond donors (Lipinski definition) is 1. The number of aromatic amines is 1. The van der Waals surface area contributed by atoms with E-state index in [2.05, 4.69) is 29.0 Å². The summed E-state index contributed by atoms with van der Waals surface area (Å²) in [5, 5.41) is 0.963. The number of aryl methyl sites for hydroxylation is 1. The largest absolute Gasteiger partial charge is 0.333 e. The molecule has 1 aliphatic rings. The number of carbonyl (C=O) groups is 1. The van der Waals surface area contributed by atoms with Crippen LogP contribution in [0.5, 0.6) is 0 Å². The van der Waals surface area contributed by atoms with Crippen LogP contribution in [0, 0.1) is 6.92 Å². The first-order chi connectivity index (χ1) is 9.22. The summed E-state index contributed by atoms with van der Waals surface area (Å²) in [4.78, 5) is 19.9. The number of imidazole rings is 1. The standard InChI is InChI=1S/C15H18N2OS/c1-10-7-8-11-12(9-10)17-15(16-11)19-14-6-4-2-3-5-13(14)18/h7-9,14H,2-6H2,1H3,(H,16,17). The molecule has 0 aliphatic heterocycles. The second kappa shape index (κ2) is 5.37. The SMILES string of the molecule is Cc1ccc2nc(SC3CCCCCC3=O)[nH]c2c1. The highest BCUT2D eigenvalue weighted by molar-refractivity contribution is 8.00. The summed E-state index contributed by atoms with van der Waals surface area (Å²) in [6, 6.07) is 6.19. The lowest BCUT2D eigenvalue weighted by Crippen LogP contribution is -2.14. The molecular formula is C15H18N2OS. The summed E-state index contributed by atoms with van der Waals surface area (Å²) in [7, 11) is 0. The Hall–Kier alpha value is -1.29. The summed E-state index contributed by atoms with van der Waals surface area (Å²) in [6.07, 6.45) is 5.11. The minimum absolute atomic E-state index is 0.0872. The summed E-state index contributed by atoms with van der Waals surface area (Å²) in [5.74, 6) is 0.388. The fourth-order valence-corrected chi connectivity index (χ4v) is 3.67. The first-order valence-electron chi connectivity index (χ1n) is 6.88. The Morgan fingerprint density at radius 1 is 1.32 bits per heavy atom. The number of Topliss-reactive ketones (excluding diaryl/α,β-unsaturated/α-hetero) is 1. The molecule has 1 aromatic heterocycles. The van der Waals surface area contributed by atoms with Gasteiger partial charge in [0.2, 0.25) is 0 Å². The van der Waals surface area contributed by atoms with Crippen molar-refractivity contribution in [2.45, 2.75) is 49.4 Å². The fourth-order valence-electron chi connectivity index (χ4n) is 2.54. The van der Waals surface area contributed by atoms with Crippen LogP contribution in [0.3, 0.4) is 0 Å². The van der Waals surface area contributed by atoms with Gasteiger partial charge in [-0.15, -0.1) is 0 Å². The minimum Gasteiger partial charge on any atom is -0.333 e. The van der Waals surface area contributed by atoms with Crippen molar-refractivity contribution in [2.75, 3.05) is 0 Å². The molecule has 0 amide bonds. The molecular weight excluding hydrogens is 256 g/mol. The van der Waals surface area contributed by atoms with Gasteiger partial charge in [-0.05, 0) is 37.5 Å². The van der Waals surface area contributed by atoms with Crippen LogP contribution in [0.15, 0.2) is 23.4 Å². The fraction of sp³-hybridized carbons (Fsp3) is 0.467. The van der Waals surface area contributed by atoms with Crippen LogP contribution in [0.4, 0.5) is 0 Å². The van der Waals surface area contributed by atoms with E-state index in [-0.39, 0.29) is 5.25 Å². The van der Waals surface area contributed by atoms with Crippen LogP contribution >= 0.6 is 11.8 Å². The van der Waals surface area contributed by atoms with E-state index in [4.69, 9.17) is 0 Å². The van der Waals surface area contributed by atoms with Crippen LogP contribution < -0.4 is 0 Å². The van der Waals surface area contributed by atoms with Crippen LogP contribution in [0.2, 0.25) is 0 Å². The van der Waals surface area contributed by atoms with Crippen molar-refractivity contribution in [3.05, 3.63) is 23.8 Å². The predicted molar refractivity (Wildman–Crippen MR) is 78.6 cm³/mol. The molecule has 0 spiro atoms. The summed E-state index contributed by atoms with van der Waals surface area (Å²) in [6.45, 7) is 2.07. The maximum absolute atomic E-state index is 12.0. The van der Waals surface area contributed by atoms with E-state index in [0.29, 0.717) is 5.78 Å². The molecule has 19 heavy (non-hydrogen) atoms. The highest BCUT2D eigenvalue weighted by Gasteiger charge is 2.23. The number of carbonyl (C=O) groups excluding carboxylic acids is 1. The third kappa shape index (κ3) is 2.84. The molecule has 1 aliphatic carbocycles. The van der Waals surface area contributed by atoms with Crippen LogP contribution in [-0.2, 0) is 4.79 Å². The summed E-state index contributed by atoms with van der Waals surface area (Å²) < 4.78 is 0. The number of nitrogens with zero attached hydrogens (tertiary/aromatic N) is 1. The van der Waals surface area contributed by atoms with Gasteiger partial charge in [0, 0.05) is 6.42 Å². The number of nitrogens with one attached hydrogen (secondary N) is 1. The van der Waals surface area contributed by atoms with Crippen molar-refractivity contribution in [1.82, 2.24) is 9.97 Å². The van der Waals surface area contributed by atoms with Gasteiger partial charge >= 0.3 is 0 Å². The number of ketones is 1. The Morgan fingerprint density at radius 3 is 3.11 bits per heavy atom. The molecule has 1 N–H and O–H groups in total. The normalized spacial score (nSPS) is 20.7. The summed E-state index contributed by atoms with van der Waals surface area (Å²) in [5.41, 5.74) is 3.26. The first-order valence-corrected chi connectivity index (χ1v) is 7.76. The Bertz CT molecular complexity index is 605. The smallest absolute Gasteiger partial charge is 0.167 e. The van der Waals surface area contributed by atoms with Crippen molar-refractivity contribution < 1.29 is 4.79 Å². The zero-order valence-corrected chi connectivity index (χ0v) is 11.9. The third-order valence-electron chi connectivity index (χ3n) is 3.62. The summed E-state index contributed by atoms with van der Waals surface area (Å²) >= 11 is 1.60. The van der Waals surface area contributed by atoms with Crippen LogP contribution in [0.1, 0.15) is 37.7 Å². The number of benzene rings is 1. The molecule has 1 fully saturated rings. The quantitative estimate of drug-likeness (QED) is 0.846. The number of thioether (sulfide) groups is 1. The van der Waals surface area contributed by atoms with Crippen molar-refractivity contribution in [3.8, 4) is 0 Å². The van der Waals surface area contributed by atoms with E-state index in [0.717, 1.165) is 41.9 Å². The number of H-pyrrole nitrogens is 1. The van der Waals surface area contributed by atoms with Crippen molar-refractivity contribution in [1.29, 1.82) is 0 Å². The number of hydrogen-bond acceptors (Lipinski definition) is 3. The molecule has 4 heteroatoms. The molecule has 2 aromatic rings. The lowest BCUT2D eigenvalue weighted by Gasteiger charge is -2.09. The highest BCUT2D eigenvalue weighted by Crippen LogP contribution is 2.30. The number of rotatable bonds is 2. The van der Waals surface area contributed by atoms with Gasteiger partial charge in [-0.25, -0.2) is 4.98 Å². The van der Waals surface area contributed by atoms with Crippen LogP contribution in [0.25, 0.3) is 11.0 Å². The maximum Gasteiger partial charge on any atom is 0.167 e. The molecule has 100 valence electrons. The van der Waals surface area contributed by atoms with Gasteiger partial charge in [-0.2, -0.15) is 0 Å². The van der Waals surface area contributed by atoms with Gasteiger partial charge in [-0.3, -0.25) is 4.79 Å².